The van der Waals surface area contributed by atoms with Crippen LogP contribution in [0.1, 0.15) is 34.6 Å². The summed E-state index contributed by atoms with van der Waals surface area (Å²) in [4.78, 5) is 0. The second kappa shape index (κ2) is 4.61. The first-order valence-corrected chi connectivity index (χ1v) is 7.38. The van der Waals surface area contributed by atoms with Gasteiger partial charge in [-0.2, -0.15) is 0 Å². The number of benzene rings is 1. The quantitative estimate of drug-likeness (QED) is 0.568. The maximum absolute atomic E-state index is 6.31. The van der Waals surface area contributed by atoms with Crippen molar-refractivity contribution < 1.29 is 4.70 Å². The van der Waals surface area contributed by atoms with Crippen LogP contribution in [0, 0.1) is 5.92 Å². The van der Waals surface area contributed by atoms with Crippen molar-refractivity contribution >= 4 is 40.5 Å². The van der Waals surface area contributed by atoms with Crippen LogP contribution in [0.5, 0.6) is 0 Å². The third-order valence-electron chi connectivity index (χ3n) is 4.22. The molecule has 104 valence electrons. The van der Waals surface area contributed by atoms with E-state index in [0.717, 1.165) is 5.69 Å². The third-order valence-corrected chi connectivity index (χ3v) is 5.01. The minimum absolute atomic E-state index is 0.157. The van der Waals surface area contributed by atoms with Gasteiger partial charge in [0.25, 0.3) is 5.69 Å². The fraction of sp³-hybridized carbons (Fsp3) is 0.571. The molecule has 0 saturated heterocycles. The van der Waals surface area contributed by atoms with Crippen LogP contribution in [0.4, 0.5) is 5.69 Å². The molecule has 0 saturated carbocycles. The molecule has 1 unspecified atom stereocenters. The van der Waals surface area contributed by atoms with E-state index in [2.05, 4.69) is 34.6 Å². The zero-order valence-electron chi connectivity index (χ0n) is 11.8. The van der Waals surface area contributed by atoms with Crippen LogP contribution in [0.25, 0.3) is 0 Å². The molecule has 1 heterocycles. The van der Waals surface area contributed by atoms with E-state index in [1.165, 1.54) is 0 Å². The molecule has 5 heteroatoms. The number of halogens is 3. The zero-order chi connectivity index (χ0) is 14.6. The molecule has 19 heavy (non-hydrogen) atoms. The maximum Gasteiger partial charge on any atom is 0.269 e. The van der Waals surface area contributed by atoms with Crippen molar-refractivity contribution in [3.8, 4) is 0 Å². The molecular weight excluding hydrogens is 303 g/mol. The van der Waals surface area contributed by atoms with Gasteiger partial charge in [0.1, 0.15) is 15.6 Å². The summed E-state index contributed by atoms with van der Waals surface area (Å²) in [6, 6.07) is 3.40. The van der Waals surface area contributed by atoms with Gasteiger partial charge in [-0.05, 0) is 31.1 Å². The molecule has 0 bridgehead atoms. The minimum atomic E-state index is -0.162. The lowest BCUT2D eigenvalue weighted by atomic mass is 9.78. The van der Waals surface area contributed by atoms with Gasteiger partial charge in [-0.3, -0.25) is 0 Å². The SMILES string of the molecule is CC1C(C)(C)N=[N+](c2c(Cl)cc(Cl)cc2Cl)C1(C)C. The Morgan fingerprint density at radius 3 is 1.89 bits per heavy atom. The molecule has 1 aliphatic heterocycles. The highest BCUT2D eigenvalue weighted by Gasteiger charge is 2.56. The van der Waals surface area contributed by atoms with E-state index in [0.29, 0.717) is 21.0 Å². The van der Waals surface area contributed by atoms with Crippen molar-refractivity contribution in [3.63, 3.8) is 0 Å². The summed E-state index contributed by atoms with van der Waals surface area (Å²) < 4.78 is 1.94. The molecule has 0 amide bonds. The summed E-state index contributed by atoms with van der Waals surface area (Å²) >= 11 is 18.6. The fourth-order valence-corrected chi connectivity index (χ4v) is 3.57. The van der Waals surface area contributed by atoms with E-state index in [4.69, 9.17) is 39.9 Å². The topological polar surface area (TPSA) is 15.4 Å². The molecule has 2 rings (SSSR count). The first-order valence-electron chi connectivity index (χ1n) is 6.25. The summed E-state index contributed by atoms with van der Waals surface area (Å²) in [5, 5.41) is 6.38. The predicted octanol–water partition coefficient (Wildman–Crippen LogP) is 5.95. The van der Waals surface area contributed by atoms with Gasteiger partial charge in [-0.25, -0.2) is 0 Å². The summed E-state index contributed by atoms with van der Waals surface area (Å²) in [6.45, 7) is 10.7. The highest BCUT2D eigenvalue weighted by Crippen LogP contribution is 2.47. The zero-order valence-corrected chi connectivity index (χ0v) is 14.0. The molecule has 0 spiro atoms. The van der Waals surface area contributed by atoms with E-state index in [1.54, 1.807) is 12.1 Å². The molecule has 1 atom stereocenters. The molecule has 1 aromatic rings. The Morgan fingerprint density at radius 2 is 1.53 bits per heavy atom. The van der Waals surface area contributed by atoms with Gasteiger partial charge in [0.15, 0.2) is 5.54 Å². The molecule has 0 radical (unpaired) electrons. The molecule has 0 aromatic heterocycles. The van der Waals surface area contributed by atoms with Gasteiger partial charge < -0.3 is 0 Å². The molecule has 0 aliphatic carbocycles. The van der Waals surface area contributed by atoms with Crippen LogP contribution in [0.2, 0.25) is 15.1 Å². The smallest absolute Gasteiger partial charge is 0.0842 e. The number of azo groups is 2. The summed E-state index contributed by atoms with van der Waals surface area (Å²) in [7, 11) is 0. The lowest BCUT2D eigenvalue weighted by Crippen LogP contribution is -2.40. The van der Waals surface area contributed by atoms with Gasteiger partial charge >= 0.3 is 0 Å². The van der Waals surface area contributed by atoms with Gasteiger partial charge in [-0.15, -0.1) is 0 Å². The van der Waals surface area contributed by atoms with Crippen LogP contribution in [0.3, 0.4) is 0 Å². The van der Waals surface area contributed by atoms with Crippen LogP contribution < -0.4 is 0 Å². The van der Waals surface area contributed by atoms with Crippen molar-refractivity contribution in [3.05, 3.63) is 27.2 Å². The first-order chi connectivity index (χ1) is 8.57. The average Bonchev–Trinajstić information content (AvgIpc) is 2.38. The van der Waals surface area contributed by atoms with Crippen LogP contribution in [0.15, 0.2) is 17.2 Å². The Hall–Kier alpha value is -0.310. The van der Waals surface area contributed by atoms with Crippen LogP contribution in [-0.2, 0) is 0 Å². The summed E-state index contributed by atoms with van der Waals surface area (Å²) in [5.74, 6) is 0.364. The van der Waals surface area contributed by atoms with E-state index in [-0.39, 0.29) is 11.1 Å². The molecule has 0 fully saturated rings. The Kier molecular flexibility index (Phi) is 3.66. The van der Waals surface area contributed by atoms with Crippen molar-refractivity contribution in [2.24, 2.45) is 11.0 Å². The van der Waals surface area contributed by atoms with Crippen LogP contribution in [-0.4, -0.2) is 15.8 Å². The van der Waals surface area contributed by atoms with E-state index in [9.17, 15) is 0 Å². The van der Waals surface area contributed by atoms with Crippen molar-refractivity contribution in [1.29, 1.82) is 0 Å². The molecule has 0 N–H and O–H groups in total. The average molecular weight is 321 g/mol. The monoisotopic (exact) mass is 319 g/mol. The lowest BCUT2D eigenvalue weighted by molar-refractivity contribution is -0.578. The predicted molar refractivity (Wildman–Crippen MR) is 81.1 cm³/mol. The van der Waals surface area contributed by atoms with Crippen molar-refractivity contribution in [2.75, 3.05) is 0 Å². The van der Waals surface area contributed by atoms with E-state index < -0.39 is 0 Å². The Labute approximate surface area is 129 Å². The van der Waals surface area contributed by atoms with E-state index in [1.807, 2.05) is 4.70 Å². The normalized spacial score (nSPS) is 24.4. The van der Waals surface area contributed by atoms with Crippen molar-refractivity contribution in [2.45, 2.75) is 45.7 Å². The van der Waals surface area contributed by atoms with Gasteiger partial charge in [-0.1, -0.05) is 46.4 Å². The maximum atomic E-state index is 6.31. The molecule has 1 aromatic carbocycles. The standard InChI is InChI=1S/C14H18Cl3N2/c1-8-13(2,3)18-19(14(8,4)5)12-10(16)6-9(15)7-11(12)17/h6-8H,1-5H3/q+1. The Balaban J connectivity index is 2.66. The van der Waals surface area contributed by atoms with Gasteiger partial charge in [0.05, 0.1) is 5.92 Å². The number of rotatable bonds is 1. The number of hydrogen-bond donors (Lipinski definition) is 0. The highest BCUT2D eigenvalue weighted by molar-refractivity contribution is 6.41. The number of hydrogen-bond acceptors (Lipinski definition) is 1. The molecule has 2 nitrogen and oxygen atoms in total. The van der Waals surface area contributed by atoms with Gasteiger partial charge in [0, 0.05) is 18.9 Å². The first kappa shape index (κ1) is 15.1. The Bertz CT molecular complexity index is 539. The van der Waals surface area contributed by atoms with Gasteiger partial charge in [0.2, 0.25) is 0 Å². The largest absolute Gasteiger partial charge is 0.269 e. The Morgan fingerprint density at radius 1 is 1.05 bits per heavy atom. The van der Waals surface area contributed by atoms with Crippen molar-refractivity contribution in [1.82, 2.24) is 0 Å². The lowest BCUT2D eigenvalue weighted by Gasteiger charge is -2.24. The second-order valence-electron chi connectivity index (χ2n) is 6.16. The fourth-order valence-electron chi connectivity index (χ4n) is 2.60. The molecular formula is C14H18Cl3N2+. The summed E-state index contributed by atoms with van der Waals surface area (Å²) in [5.41, 5.74) is 0.413. The summed E-state index contributed by atoms with van der Waals surface area (Å²) in [6.07, 6.45) is 0. The number of nitrogens with zero attached hydrogens (tertiary/aromatic N) is 2. The molecule has 1 aliphatic rings. The van der Waals surface area contributed by atoms with E-state index >= 15 is 0 Å². The minimum Gasteiger partial charge on any atom is -0.0842 e. The highest BCUT2D eigenvalue weighted by atomic mass is 35.5. The van der Waals surface area contributed by atoms with Crippen LogP contribution >= 0.6 is 34.8 Å². The second-order valence-corrected chi connectivity index (χ2v) is 7.41. The third kappa shape index (κ3) is 2.39.